The van der Waals surface area contributed by atoms with Crippen molar-refractivity contribution in [2.24, 2.45) is 5.92 Å². The van der Waals surface area contributed by atoms with Crippen LogP contribution in [0, 0.1) is 5.92 Å². The summed E-state index contributed by atoms with van der Waals surface area (Å²) in [6.07, 6.45) is 2.61. The topological polar surface area (TPSA) is 26.3 Å². The molecule has 0 aliphatic heterocycles. The van der Waals surface area contributed by atoms with Gasteiger partial charge in [-0.15, -0.1) is 0 Å². The monoisotopic (exact) mass is 156 g/mol. The van der Waals surface area contributed by atoms with Crippen LogP contribution < -0.4 is 0 Å². The van der Waals surface area contributed by atoms with Gasteiger partial charge in [0.25, 0.3) is 0 Å². The van der Waals surface area contributed by atoms with E-state index in [0.29, 0.717) is 5.92 Å². The third-order valence-corrected chi connectivity index (χ3v) is 1.42. The van der Waals surface area contributed by atoms with Crippen molar-refractivity contribution < 1.29 is 9.53 Å². The molecular formula is C9H16O2. The summed E-state index contributed by atoms with van der Waals surface area (Å²) in [7, 11) is 1.41. The number of ether oxygens (including phenoxy) is 1. The standard InChI is InChI=1S/C9H16O2/c1-5-8(6-7(2)3)9(10)11-4/h5,7H,6H2,1-4H3/b8-5-. The van der Waals surface area contributed by atoms with Gasteiger partial charge in [0.2, 0.25) is 0 Å². The third-order valence-electron chi connectivity index (χ3n) is 1.42. The second-order valence-corrected chi connectivity index (χ2v) is 2.90. The minimum atomic E-state index is -0.207. The molecule has 0 saturated carbocycles. The van der Waals surface area contributed by atoms with Crippen molar-refractivity contribution in [1.29, 1.82) is 0 Å². The minimum Gasteiger partial charge on any atom is -0.466 e. The first-order valence-electron chi connectivity index (χ1n) is 3.85. The highest BCUT2D eigenvalue weighted by molar-refractivity contribution is 5.88. The van der Waals surface area contributed by atoms with E-state index in [1.54, 1.807) is 0 Å². The Hall–Kier alpha value is -0.790. The number of esters is 1. The Morgan fingerprint density at radius 1 is 1.55 bits per heavy atom. The molecule has 11 heavy (non-hydrogen) atoms. The van der Waals surface area contributed by atoms with Crippen LogP contribution >= 0.6 is 0 Å². The van der Waals surface area contributed by atoms with Gasteiger partial charge in [0.05, 0.1) is 7.11 Å². The Kier molecular flexibility index (Phi) is 4.59. The molecule has 0 spiro atoms. The highest BCUT2D eigenvalue weighted by atomic mass is 16.5. The molecule has 0 aromatic heterocycles. The Morgan fingerprint density at radius 2 is 2.09 bits per heavy atom. The molecule has 0 heterocycles. The zero-order valence-electron chi connectivity index (χ0n) is 7.68. The summed E-state index contributed by atoms with van der Waals surface area (Å²) >= 11 is 0. The summed E-state index contributed by atoms with van der Waals surface area (Å²) in [6, 6.07) is 0. The first-order chi connectivity index (χ1) is 5.11. The first-order valence-corrected chi connectivity index (χ1v) is 3.85. The van der Waals surface area contributed by atoms with Crippen molar-refractivity contribution in [1.82, 2.24) is 0 Å². The quantitative estimate of drug-likeness (QED) is 0.462. The second-order valence-electron chi connectivity index (χ2n) is 2.90. The number of methoxy groups -OCH3 is 1. The van der Waals surface area contributed by atoms with Gasteiger partial charge < -0.3 is 4.74 Å². The highest BCUT2D eigenvalue weighted by Crippen LogP contribution is 2.11. The number of allylic oxidation sites excluding steroid dienone is 1. The van der Waals surface area contributed by atoms with Crippen LogP contribution in [0.15, 0.2) is 11.6 Å². The summed E-state index contributed by atoms with van der Waals surface area (Å²) in [5.74, 6) is 0.293. The van der Waals surface area contributed by atoms with Gasteiger partial charge in [0.1, 0.15) is 0 Å². The SMILES string of the molecule is C/C=C(/CC(C)C)C(=O)OC. The lowest BCUT2D eigenvalue weighted by molar-refractivity contribution is -0.136. The van der Waals surface area contributed by atoms with Crippen LogP contribution in [0.3, 0.4) is 0 Å². The van der Waals surface area contributed by atoms with Gasteiger partial charge in [-0.3, -0.25) is 0 Å². The molecule has 0 aliphatic carbocycles. The Bertz CT molecular complexity index is 157. The van der Waals surface area contributed by atoms with Gasteiger partial charge in [0, 0.05) is 5.57 Å². The van der Waals surface area contributed by atoms with Crippen LogP contribution in [0.4, 0.5) is 0 Å². The van der Waals surface area contributed by atoms with Crippen LogP contribution in [0.25, 0.3) is 0 Å². The molecule has 0 N–H and O–H groups in total. The fourth-order valence-corrected chi connectivity index (χ4v) is 0.890. The number of rotatable bonds is 3. The van der Waals surface area contributed by atoms with E-state index in [0.717, 1.165) is 12.0 Å². The Balaban J connectivity index is 4.09. The Labute approximate surface area is 68.2 Å². The molecule has 0 aromatic rings. The van der Waals surface area contributed by atoms with E-state index in [4.69, 9.17) is 0 Å². The maximum atomic E-state index is 11.0. The lowest BCUT2D eigenvalue weighted by Crippen LogP contribution is -2.06. The summed E-state index contributed by atoms with van der Waals surface area (Å²) in [5.41, 5.74) is 0.766. The molecule has 2 nitrogen and oxygen atoms in total. The number of carbonyl (C=O) groups is 1. The van der Waals surface area contributed by atoms with Gasteiger partial charge in [-0.1, -0.05) is 19.9 Å². The van der Waals surface area contributed by atoms with Crippen molar-refractivity contribution in [3.63, 3.8) is 0 Å². The van der Waals surface area contributed by atoms with Crippen LogP contribution in [-0.2, 0) is 9.53 Å². The maximum absolute atomic E-state index is 11.0. The lowest BCUT2D eigenvalue weighted by Gasteiger charge is -2.06. The zero-order chi connectivity index (χ0) is 8.85. The maximum Gasteiger partial charge on any atom is 0.333 e. The van der Waals surface area contributed by atoms with Crippen LogP contribution in [0.1, 0.15) is 27.2 Å². The molecule has 0 aromatic carbocycles. The molecule has 2 heteroatoms. The van der Waals surface area contributed by atoms with E-state index in [2.05, 4.69) is 18.6 Å². The van der Waals surface area contributed by atoms with E-state index in [-0.39, 0.29) is 5.97 Å². The summed E-state index contributed by atoms with van der Waals surface area (Å²) in [6.45, 7) is 6.01. The molecule has 0 unspecified atom stereocenters. The zero-order valence-corrected chi connectivity index (χ0v) is 7.68. The predicted octanol–water partition coefficient (Wildman–Crippen LogP) is 2.15. The smallest absolute Gasteiger partial charge is 0.333 e. The molecule has 0 amide bonds. The summed E-state index contributed by atoms with van der Waals surface area (Å²) in [4.78, 5) is 11.0. The fraction of sp³-hybridized carbons (Fsp3) is 0.667. The first kappa shape index (κ1) is 10.2. The van der Waals surface area contributed by atoms with Crippen molar-refractivity contribution >= 4 is 5.97 Å². The van der Waals surface area contributed by atoms with E-state index in [1.807, 2.05) is 13.0 Å². The highest BCUT2D eigenvalue weighted by Gasteiger charge is 2.09. The molecule has 0 aliphatic rings. The average Bonchev–Trinajstić information content (AvgIpc) is 1.98. The fourth-order valence-electron chi connectivity index (χ4n) is 0.890. The Morgan fingerprint density at radius 3 is 2.36 bits per heavy atom. The molecule has 0 saturated heterocycles. The number of carbonyl (C=O) groups excluding carboxylic acids is 1. The van der Waals surface area contributed by atoms with Gasteiger partial charge >= 0.3 is 5.97 Å². The van der Waals surface area contributed by atoms with Crippen molar-refractivity contribution in [2.45, 2.75) is 27.2 Å². The molecule has 64 valence electrons. The third kappa shape index (κ3) is 3.81. The normalized spacial score (nSPS) is 11.9. The van der Waals surface area contributed by atoms with E-state index in [9.17, 15) is 4.79 Å². The average molecular weight is 156 g/mol. The van der Waals surface area contributed by atoms with Crippen molar-refractivity contribution in [3.05, 3.63) is 11.6 Å². The van der Waals surface area contributed by atoms with E-state index < -0.39 is 0 Å². The molecule has 0 radical (unpaired) electrons. The van der Waals surface area contributed by atoms with Gasteiger partial charge in [0.15, 0.2) is 0 Å². The molecule has 0 atom stereocenters. The lowest BCUT2D eigenvalue weighted by atomic mass is 10.0. The van der Waals surface area contributed by atoms with Crippen LogP contribution in [-0.4, -0.2) is 13.1 Å². The van der Waals surface area contributed by atoms with E-state index >= 15 is 0 Å². The van der Waals surface area contributed by atoms with Crippen LogP contribution in [0.2, 0.25) is 0 Å². The molecule has 0 rings (SSSR count). The van der Waals surface area contributed by atoms with Gasteiger partial charge in [-0.25, -0.2) is 4.79 Å². The largest absolute Gasteiger partial charge is 0.466 e. The van der Waals surface area contributed by atoms with Gasteiger partial charge in [-0.2, -0.15) is 0 Å². The minimum absolute atomic E-state index is 0.207. The van der Waals surface area contributed by atoms with E-state index in [1.165, 1.54) is 7.11 Å². The number of hydrogen-bond acceptors (Lipinski definition) is 2. The summed E-state index contributed by atoms with van der Waals surface area (Å²) < 4.78 is 4.60. The summed E-state index contributed by atoms with van der Waals surface area (Å²) in [5, 5.41) is 0. The number of hydrogen-bond donors (Lipinski definition) is 0. The predicted molar refractivity (Wildman–Crippen MR) is 45.2 cm³/mol. The second kappa shape index (κ2) is 4.94. The molecule has 0 bridgehead atoms. The van der Waals surface area contributed by atoms with Crippen LogP contribution in [0.5, 0.6) is 0 Å². The molecule has 0 fully saturated rings. The molecular weight excluding hydrogens is 140 g/mol. The van der Waals surface area contributed by atoms with Crippen molar-refractivity contribution in [2.75, 3.05) is 7.11 Å². The van der Waals surface area contributed by atoms with Gasteiger partial charge in [-0.05, 0) is 19.3 Å². The van der Waals surface area contributed by atoms with Crippen molar-refractivity contribution in [3.8, 4) is 0 Å².